The van der Waals surface area contributed by atoms with Crippen molar-refractivity contribution in [1.29, 1.82) is 0 Å². The summed E-state index contributed by atoms with van der Waals surface area (Å²) < 4.78 is 7.67. The van der Waals surface area contributed by atoms with E-state index in [4.69, 9.17) is 9.72 Å². The average Bonchev–Trinajstić information content (AvgIpc) is 3.08. The summed E-state index contributed by atoms with van der Waals surface area (Å²) in [7, 11) is 0. The number of thioether (sulfide) groups is 1. The van der Waals surface area contributed by atoms with Crippen LogP contribution in [0.25, 0.3) is 10.9 Å². The largest absolute Gasteiger partial charge is 0.465 e. The van der Waals surface area contributed by atoms with Crippen LogP contribution in [0.5, 0.6) is 0 Å². The van der Waals surface area contributed by atoms with Gasteiger partial charge in [-0.1, -0.05) is 39.3 Å². The highest BCUT2D eigenvalue weighted by molar-refractivity contribution is 9.10. The van der Waals surface area contributed by atoms with Crippen molar-refractivity contribution in [1.82, 2.24) is 9.55 Å². The van der Waals surface area contributed by atoms with Gasteiger partial charge in [0.25, 0.3) is 5.56 Å². The Bertz CT molecular complexity index is 970. The van der Waals surface area contributed by atoms with Crippen LogP contribution < -0.4 is 5.56 Å². The number of ether oxygens (including phenoxy) is 1. The molecule has 7 heteroatoms. The Labute approximate surface area is 170 Å². The van der Waals surface area contributed by atoms with Gasteiger partial charge < -0.3 is 4.74 Å². The fourth-order valence-corrected chi connectivity index (χ4v) is 5.01. The molecule has 1 saturated heterocycles. The second-order valence-corrected chi connectivity index (χ2v) is 9.02. The zero-order valence-corrected chi connectivity index (χ0v) is 17.4. The van der Waals surface area contributed by atoms with E-state index in [9.17, 15) is 9.59 Å². The summed E-state index contributed by atoms with van der Waals surface area (Å²) in [6.45, 7) is 1.03. The second-order valence-electron chi connectivity index (χ2n) is 6.93. The van der Waals surface area contributed by atoms with Crippen molar-refractivity contribution in [2.75, 3.05) is 6.61 Å². The normalized spacial score (nSPS) is 20.0. The number of fused-ring (bicyclic) bond motifs is 1. The molecule has 5 nitrogen and oxygen atoms in total. The number of hydrogen-bond acceptors (Lipinski definition) is 5. The third-order valence-corrected chi connectivity index (χ3v) is 6.79. The minimum atomic E-state index is -0.287. The number of aromatic nitrogens is 2. The maximum Gasteiger partial charge on any atom is 0.319 e. The Morgan fingerprint density at radius 2 is 2.19 bits per heavy atom. The number of nitrogens with zero attached hydrogens (tertiary/aromatic N) is 2. The number of allylic oxidation sites excluding steroid dienone is 2. The van der Waals surface area contributed by atoms with Gasteiger partial charge in [0.2, 0.25) is 0 Å². The first-order chi connectivity index (χ1) is 13.1. The molecule has 1 aromatic carbocycles. The molecular formula is C20H21BrN2O3S. The monoisotopic (exact) mass is 448 g/mol. The highest BCUT2D eigenvalue weighted by Crippen LogP contribution is 2.30. The first-order valence-electron chi connectivity index (χ1n) is 9.33. The Hall–Kier alpha value is -1.60. The summed E-state index contributed by atoms with van der Waals surface area (Å²) >= 11 is 4.79. The van der Waals surface area contributed by atoms with Gasteiger partial charge in [0, 0.05) is 17.4 Å². The minimum Gasteiger partial charge on any atom is -0.465 e. The van der Waals surface area contributed by atoms with Gasteiger partial charge in [0.05, 0.1) is 17.5 Å². The Morgan fingerprint density at radius 1 is 1.30 bits per heavy atom. The zero-order valence-electron chi connectivity index (χ0n) is 14.9. The van der Waals surface area contributed by atoms with Gasteiger partial charge in [-0.25, -0.2) is 4.98 Å². The van der Waals surface area contributed by atoms with Gasteiger partial charge >= 0.3 is 5.97 Å². The van der Waals surface area contributed by atoms with E-state index in [1.54, 1.807) is 4.57 Å². The maximum absolute atomic E-state index is 13.2. The van der Waals surface area contributed by atoms with Gasteiger partial charge in [0.15, 0.2) is 5.16 Å². The van der Waals surface area contributed by atoms with Crippen molar-refractivity contribution in [3.05, 3.63) is 44.7 Å². The zero-order chi connectivity index (χ0) is 18.8. The fourth-order valence-electron chi connectivity index (χ4n) is 3.56. The molecule has 1 aliphatic heterocycles. The van der Waals surface area contributed by atoms with E-state index in [0.29, 0.717) is 35.6 Å². The van der Waals surface area contributed by atoms with Crippen LogP contribution in [0.1, 0.15) is 38.5 Å². The van der Waals surface area contributed by atoms with Crippen molar-refractivity contribution in [2.45, 2.75) is 55.5 Å². The Kier molecular flexibility index (Phi) is 5.68. The molecule has 0 bridgehead atoms. The first-order valence-corrected chi connectivity index (χ1v) is 11.0. The highest BCUT2D eigenvalue weighted by atomic mass is 79.9. The average molecular weight is 449 g/mol. The molecular weight excluding hydrogens is 428 g/mol. The summed E-state index contributed by atoms with van der Waals surface area (Å²) in [5.41, 5.74) is 2.02. The maximum atomic E-state index is 13.2. The van der Waals surface area contributed by atoms with E-state index in [1.165, 1.54) is 30.2 Å². The number of cyclic esters (lactones) is 1. The topological polar surface area (TPSA) is 61.2 Å². The molecule has 27 heavy (non-hydrogen) atoms. The van der Waals surface area contributed by atoms with E-state index in [-0.39, 0.29) is 16.8 Å². The lowest BCUT2D eigenvalue weighted by atomic mass is 9.97. The molecule has 0 saturated carbocycles. The summed E-state index contributed by atoms with van der Waals surface area (Å²) in [4.78, 5) is 29.8. The van der Waals surface area contributed by atoms with Crippen molar-refractivity contribution >= 4 is 44.6 Å². The number of carbonyl (C=O) groups excluding carboxylic acids is 1. The van der Waals surface area contributed by atoms with E-state index in [0.717, 1.165) is 23.7 Å². The number of halogens is 1. The van der Waals surface area contributed by atoms with Crippen molar-refractivity contribution < 1.29 is 9.53 Å². The molecule has 4 rings (SSSR count). The third-order valence-electron chi connectivity index (χ3n) is 5.06. The Morgan fingerprint density at radius 3 is 2.93 bits per heavy atom. The number of hydrogen-bond donors (Lipinski definition) is 0. The van der Waals surface area contributed by atoms with Gasteiger partial charge in [-0.3, -0.25) is 14.2 Å². The predicted molar refractivity (Wildman–Crippen MR) is 110 cm³/mol. The van der Waals surface area contributed by atoms with E-state index in [1.807, 2.05) is 18.2 Å². The molecule has 2 aliphatic rings. The van der Waals surface area contributed by atoms with E-state index < -0.39 is 0 Å². The smallest absolute Gasteiger partial charge is 0.319 e. The lowest BCUT2D eigenvalue weighted by molar-refractivity contribution is -0.137. The quantitative estimate of drug-likeness (QED) is 0.383. The number of rotatable bonds is 5. The molecule has 0 unspecified atom stereocenters. The first kappa shape index (κ1) is 18.7. The summed E-state index contributed by atoms with van der Waals surface area (Å²) in [5.74, 6) is -0.216. The minimum absolute atomic E-state index is 0.0495. The van der Waals surface area contributed by atoms with Crippen LogP contribution in [0.3, 0.4) is 0 Å². The second kappa shape index (κ2) is 8.19. The fraction of sp³-hybridized carbons (Fsp3) is 0.450. The lowest BCUT2D eigenvalue weighted by Gasteiger charge is -2.17. The summed E-state index contributed by atoms with van der Waals surface area (Å²) in [5, 5.41) is 0.917. The SMILES string of the molecule is O=C1OCC[C@H]1Sc1nc2ccc(Br)cc2c(=O)n1CCC1=CCCCC1. The number of benzene rings is 1. The molecule has 0 radical (unpaired) electrons. The molecule has 1 fully saturated rings. The van der Waals surface area contributed by atoms with Crippen LogP contribution >= 0.6 is 27.7 Å². The molecule has 0 N–H and O–H groups in total. The summed E-state index contributed by atoms with van der Waals surface area (Å²) in [6, 6.07) is 5.54. The molecule has 0 spiro atoms. The molecule has 0 amide bonds. The van der Waals surface area contributed by atoms with Crippen LogP contribution in [-0.2, 0) is 16.1 Å². The lowest BCUT2D eigenvalue weighted by Crippen LogP contribution is -2.25. The van der Waals surface area contributed by atoms with Crippen LogP contribution in [0, 0.1) is 0 Å². The standard InChI is InChI=1S/C20H21BrN2O3S/c21-14-6-7-16-15(12-14)18(24)23(10-8-13-4-2-1-3-5-13)20(22-16)27-17-9-11-26-19(17)25/h4,6-7,12,17H,1-3,5,8-11H2/t17-/m1/s1. The third kappa shape index (κ3) is 4.14. The number of esters is 1. The molecule has 2 heterocycles. The predicted octanol–water partition coefficient (Wildman–Crippen LogP) is 4.46. The molecule has 142 valence electrons. The molecule has 2 aromatic rings. The van der Waals surface area contributed by atoms with Crippen molar-refractivity contribution in [3.63, 3.8) is 0 Å². The van der Waals surface area contributed by atoms with E-state index >= 15 is 0 Å². The Balaban J connectivity index is 1.71. The molecule has 1 atom stereocenters. The highest BCUT2D eigenvalue weighted by Gasteiger charge is 2.29. The summed E-state index contributed by atoms with van der Waals surface area (Å²) in [6.07, 6.45) is 8.52. The van der Waals surface area contributed by atoms with Gasteiger partial charge in [-0.05, 0) is 50.3 Å². The van der Waals surface area contributed by atoms with Gasteiger partial charge in [-0.15, -0.1) is 0 Å². The van der Waals surface area contributed by atoms with E-state index in [2.05, 4.69) is 22.0 Å². The van der Waals surface area contributed by atoms with Crippen LogP contribution in [0.2, 0.25) is 0 Å². The molecule has 1 aliphatic carbocycles. The van der Waals surface area contributed by atoms with Gasteiger partial charge in [-0.2, -0.15) is 0 Å². The van der Waals surface area contributed by atoms with Crippen molar-refractivity contribution in [3.8, 4) is 0 Å². The molecule has 1 aromatic heterocycles. The van der Waals surface area contributed by atoms with Gasteiger partial charge in [0.1, 0.15) is 5.25 Å². The van der Waals surface area contributed by atoms with Crippen LogP contribution in [0.15, 0.2) is 44.3 Å². The van der Waals surface area contributed by atoms with Crippen LogP contribution in [-0.4, -0.2) is 27.4 Å². The number of carbonyl (C=O) groups is 1. The van der Waals surface area contributed by atoms with Crippen molar-refractivity contribution in [2.24, 2.45) is 0 Å². The van der Waals surface area contributed by atoms with Crippen LogP contribution in [0.4, 0.5) is 0 Å².